The lowest BCUT2D eigenvalue weighted by Crippen LogP contribution is -2.40. The number of hydrazone groups is 1. The predicted molar refractivity (Wildman–Crippen MR) is 137 cm³/mol. The molecule has 0 fully saturated rings. The molecule has 0 spiro atoms. The largest absolute Gasteiger partial charge is 0.455 e. The predicted octanol–water partition coefficient (Wildman–Crippen LogP) is 5.74. The molecule has 0 aliphatic carbocycles. The third-order valence-corrected chi connectivity index (χ3v) is 7.27. The molecule has 1 N–H and O–H groups in total. The number of para-hydroxylation sites is 1. The van der Waals surface area contributed by atoms with Crippen LogP contribution in [0.25, 0.3) is 11.3 Å². The maximum absolute atomic E-state index is 14.5. The number of hydrogen-bond acceptors (Lipinski definition) is 5. The van der Waals surface area contributed by atoms with Gasteiger partial charge in [0.05, 0.1) is 21.8 Å². The molecule has 1 heterocycles. The number of carbonyl (C=O) groups excluding carboxylic acids is 1. The molecule has 184 valence electrons. The van der Waals surface area contributed by atoms with E-state index < -0.39 is 28.3 Å². The van der Waals surface area contributed by atoms with Gasteiger partial charge in [0.15, 0.2) is 0 Å². The molecule has 4 rings (SSSR count). The van der Waals surface area contributed by atoms with Gasteiger partial charge in [-0.15, -0.1) is 0 Å². The maximum Gasteiger partial charge on any atom is 0.264 e. The molecular formula is C25H18Cl2FN3O4S. The van der Waals surface area contributed by atoms with Crippen molar-refractivity contribution >= 4 is 51.0 Å². The fourth-order valence-electron chi connectivity index (χ4n) is 3.26. The van der Waals surface area contributed by atoms with Gasteiger partial charge in [-0.2, -0.15) is 5.10 Å². The van der Waals surface area contributed by atoms with Crippen LogP contribution < -0.4 is 9.73 Å². The van der Waals surface area contributed by atoms with E-state index in [1.54, 1.807) is 36.4 Å². The van der Waals surface area contributed by atoms with Crippen molar-refractivity contribution in [2.45, 2.75) is 4.90 Å². The molecular weight excluding hydrogens is 528 g/mol. The number of sulfonamides is 1. The molecule has 0 radical (unpaired) electrons. The Hall–Kier alpha value is -3.66. The molecule has 3 aromatic carbocycles. The third kappa shape index (κ3) is 5.76. The molecule has 0 aliphatic heterocycles. The van der Waals surface area contributed by atoms with E-state index in [2.05, 4.69) is 10.5 Å². The van der Waals surface area contributed by atoms with Crippen LogP contribution in [-0.4, -0.2) is 27.1 Å². The number of hydrogen-bond donors (Lipinski definition) is 1. The molecule has 4 aromatic rings. The summed E-state index contributed by atoms with van der Waals surface area (Å²) in [6, 6.07) is 21.0. The van der Waals surface area contributed by atoms with Crippen molar-refractivity contribution in [3.63, 3.8) is 0 Å². The highest BCUT2D eigenvalue weighted by Gasteiger charge is 2.29. The quantitative estimate of drug-likeness (QED) is 0.226. The van der Waals surface area contributed by atoms with E-state index in [1.165, 1.54) is 48.7 Å². The van der Waals surface area contributed by atoms with Gasteiger partial charge in [-0.1, -0.05) is 53.5 Å². The van der Waals surface area contributed by atoms with Crippen molar-refractivity contribution in [3.05, 3.63) is 107 Å². The monoisotopic (exact) mass is 545 g/mol. The van der Waals surface area contributed by atoms with Gasteiger partial charge in [0.2, 0.25) is 0 Å². The van der Waals surface area contributed by atoms with Gasteiger partial charge in [-0.25, -0.2) is 18.2 Å². The molecule has 36 heavy (non-hydrogen) atoms. The fraction of sp³-hybridized carbons (Fsp3) is 0.0400. The second-order valence-corrected chi connectivity index (χ2v) is 10.1. The second-order valence-electron chi connectivity index (χ2n) is 7.40. The molecule has 1 aromatic heterocycles. The van der Waals surface area contributed by atoms with E-state index >= 15 is 0 Å². The van der Waals surface area contributed by atoms with Crippen molar-refractivity contribution in [2.24, 2.45) is 5.10 Å². The van der Waals surface area contributed by atoms with Crippen molar-refractivity contribution in [1.29, 1.82) is 0 Å². The van der Waals surface area contributed by atoms with Crippen molar-refractivity contribution in [2.75, 3.05) is 10.8 Å². The summed E-state index contributed by atoms with van der Waals surface area (Å²) in [5.41, 5.74) is 2.59. The van der Waals surface area contributed by atoms with Gasteiger partial charge < -0.3 is 4.42 Å². The summed E-state index contributed by atoms with van der Waals surface area (Å²) in [6.07, 6.45) is 1.24. The molecule has 11 heteroatoms. The molecule has 0 saturated carbocycles. The smallest absolute Gasteiger partial charge is 0.264 e. The van der Waals surface area contributed by atoms with Gasteiger partial charge in [-0.05, 0) is 54.6 Å². The normalized spacial score (nSPS) is 11.5. The van der Waals surface area contributed by atoms with Crippen LogP contribution in [0.1, 0.15) is 5.76 Å². The molecule has 0 aliphatic rings. The minimum Gasteiger partial charge on any atom is -0.455 e. The first kappa shape index (κ1) is 25.4. The molecule has 0 unspecified atom stereocenters. The van der Waals surface area contributed by atoms with Crippen LogP contribution in [0.2, 0.25) is 10.0 Å². The van der Waals surface area contributed by atoms with Crippen LogP contribution in [0.5, 0.6) is 0 Å². The third-order valence-electron chi connectivity index (χ3n) is 4.94. The van der Waals surface area contributed by atoms with E-state index in [0.29, 0.717) is 31.4 Å². The van der Waals surface area contributed by atoms with Crippen LogP contribution in [-0.2, 0) is 14.8 Å². The molecule has 0 bridgehead atoms. The van der Waals surface area contributed by atoms with Crippen LogP contribution >= 0.6 is 23.2 Å². The summed E-state index contributed by atoms with van der Waals surface area (Å²) in [7, 11) is -4.24. The van der Waals surface area contributed by atoms with E-state index in [1.807, 2.05) is 0 Å². The Kier molecular flexibility index (Phi) is 7.73. The van der Waals surface area contributed by atoms with Gasteiger partial charge in [0.25, 0.3) is 15.9 Å². The van der Waals surface area contributed by atoms with Gasteiger partial charge in [0, 0.05) is 10.6 Å². The van der Waals surface area contributed by atoms with Gasteiger partial charge in [0.1, 0.15) is 23.9 Å². The van der Waals surface area contributed by atoms with E-state index in [4.69, 9.17) is 27.6 Å². The van der Waals surface area contributed by atoms with Crippen molar-refractivity contribution in [3.8, 4) is 11.3 Å². The lowest BCUT2D eigenvalue weighted by Gasteiger charge is -2.24. The number of furan rings is 1. The zero-order valence-electron chi connectivity index (χ0n) is 18.4. The number of nitrogens with zero attached hydrogens (tertiary/aromatic N) is 2. The number of carbonyl (C=O) groups is 1. The molecule has 1 amide bonds. The molecule has 0 atom stereocenters. The first-order chi connectivity index (χ1) is 17.3. The average Bonchev–Trinajstić information content (AvgIpc) is 3.32. The Labute approximate surface area is 216 Å². The standard InChI is InChI=1S/C25H18Cl2FN3O4S/c26-17-10-12-20(21(27)14-17)24-13-11-18(35-24)15-29-30-25(32)16-31(23-9-5-4-8-22(23)28)36(33,34)19-6-2-1-3-7-19/h1-15H,16H2,(H,30,32)/b29-15+. The highest BCUT2D eigenvalue weighted by Crippen LogP contribution is 2.31. The van der Waals surface area contributed by atoms with E-state index in [-0.39, 0.29) is 10.6 Å². The van der Waals surface area contributed by atoms with Gasteiger partial charge >= 0.3 is 0 Å². The minimum absolute atomic E-state index is 0.0893. The SMILES string of the molecule is O=C(CN(c1ccccc1F)S(=O)(=O)c1ccccc1)N/N=C/c1ccc(-c2ccc(Cl)cc2Cl)o1. The maximum atomic E-state index is 14.5. The van der Waals surface area contributed by atoms with Crippen molar-refractivity contribution in [1.82, 2.24) is 5.43 Å². The fourth-order valence-corrected chi connectivity index (χ4v) is 5.21. The van der Waals surface area contributed by atoms with E-state index in [0.717, 1.165) is 6.07 Å². The summed E-state index contributed by atoms with van der Waals surface area (Å²) in [5.74, 6) is -0.817. The number of halogens is 3. The first-order valence-electron chi connectivity index (χ1n) is 10.4. The Morgan fingerprint density at radius 3 is 2.44 bits per heavy atom. The lowest BCUT2D eigenvalue weighted by molar-refractivity contribution is -0.119. The molecule has 7 nitrogen and oxygen atoms in total. The number of amides is 1. The van der Waals surface area contributed by atoms with Gasteiger partial charge in [-0.3, -0.25) is 9.10 Å². The van der Waals surface area contributed by atoms with E-state index in [9.17, 15) is 17.6 Å². The second kappa shape index (κ2) is 10.9. The lowest BCUT2D eigenvalue weighted by atomic mass is 10.2. The van der Waals surface area contributed by atoms with Crippen LogP contribution in [0, 0.1) is 5.82 Å². The Morgan fingerprint density at radius 1 is 1.00 bits per heavy atom. The molecule has 0 saturated heterocycles. The highest BCUT2D eigenvalue weighted by atomic mass is 35.5. The van der Waals surface area contributed by atoms with Crippen LogP contribution in [0.3, 0.4) is 0 Å². The average molecular weight is 546 g/mol. The van der Waals surface area contributed by atoms with Crippen molar-refractivity contribution < 1.29 is 22.0 Å². The number of nitrogens with one attached hydrogen (secondary N) is 1. The summed E-state index contributed by atoms with van der Waals surface area (Å²) in [5, 5.41) is 4.71. The summed E-state index contributed by atoms with van der Waals surface area (Å²) in [6.45, 7) is -0.709. The Morgan fingerprint density at radius 2 is 1.72 bits per heavy atom. The number of benzene rings is 3. The summed E-state index contributed by atoms with van der Waals surface area (Å²) < 4.78 is 47.3. The Bertz CT molecular complexity index is 1530. The highest BCUT2D eigenvalue weighted by molar-refractivity contribution is 7.92. The topological polar surface area (TPSA) is 92.0 Å². The van der Waals surface area contributed by atoms with Crippen LogP contribution in [0.4, 0.5) is 10.1 Å². The zero-order chi connectivity index (χ0) is 25.7. The summed E-state index contributed by atoms with van der Waals surface area (Å²) in [4.78, 5) is 12.5. The zero-order valence-corrected chi connectivity index (χ0v) is 20.8. The summed E-state index contributed by atoms with van der Waals surface area (Å²) >= 11 is 12.1. The minimum atomic E-state index is -4.24. The van der Waals surface area contributed by atoms with Crippen LogP contribution in [0.15, 0.2) is 99.3 Å². The first-order valence-corrected chi connectivity index (χ1v) is 12.6. The number of anilines is 1. The Balaban J connectivity index is 1.50. The number of rotatable bonds is 8.